The zero-order valence-electron chi connectivity index (χ0n) is 11.0. The largest absolute Gasteiger partial charge is 0.419 e. The third-order valence-corrected chi connectivity index (χ3v) is 2.98. The topological polar surface area (TPSA) is 95.7 Å². The highest BCUT2D eigenvalue weighted by Crippen LogP contribution is 2.18. The molecule has 0 aliphatic carbocycles. The van der Waals surface area contributed by atoms with Crippen molar-refractivity contribution in [3.8, 4) is 11.5 Å². The summed E-state index contributed by atoms with van der Waals surface area (Å²) in [7, 11) is 0. The molecule has 102 valence electrons. The summed E-state index contributed by atoms with van der Waals surface area (Å²) in [6, 6.07) is 9.62. The van der Waals surface area contributed by atoms with E-state index in [-0.39, 0.29) is 0 Å². The molecule has 0 spiro atoms. The van der Waals surface area contributed by atoms with Crippen LogP contribution in [0.1, 0.15) is 18.5 Å². The van der Waals surface area contributed by atoms with Crippen molar-refractivity contribution in [1.82, 2.24) is 25.2 Å². The minimum absolute atomic E-state index is 0.368. The fourth-order valence-electron chi connectivity index (χ4n) is 1.98. The van der Waals surface area contributed by atoms with Gasteiger partial charge in [0.25, 0.3) is 0 Å². The summed E-state index contributed by atoms with van der Waals surface area (Å²) in [6.45, 7) is 2.36. The Hall–Kier alpha value is -2.70. The van der Waals surface area contributed by atoms with Crippen LogP contribution >= 0.6 is 0 Å². The van der Waals surface area contributed by atoms with Crippen molar-refractivity contribution in [2.45, 2.75) is 19.9 Å². The van der Waals surface area contributed by atoms with Gasteiger partial charge in [0.1, 0.15) is 6.54 Å². The Labute approximate surface area is 115 Å². The van der Waals surface area contributed by atoms with E-state index in [0.717, 1.165) is 17.7 Å². The smallest absolute Gasteiger partial charge is 0.247 e. The number of anilines is 1. The van der Waals surface area contributed by atoms with Gasteiger partial charge in [-0.15, -0.1) is 15.3 Å². The fourth-order valence-corrected chi connectivity index (χ4v) is 1.98. The average Bonchev–Trinajstić information content (AvgIpc) is 3.08. The second kappa shape index (κ2) is 5.12. The summed E-state index contributed by atoms with van der Waals surface area (Å²) in [4.78, 5) is 0. The Balaban J connectivity index is 1.84. The van der Waals surface area contributed by atoms with Crippen LogP contribution < -0.4 is 5.73 Å². The van der Waals surface area contributed by atoms with Crippen molar-refractivity contribution in [2.75, 3.05) is 5.73 Å². The molecule has 2 N–H and O–H groups in total. The lowest BCUT2D eigenvalue weighted by Crippen LogP contribution is -2.07. The van der Waals surface area contributed by atoms with E-state index in [1.807, 2.05) is 37.3 Å². The highest BCUT2D eigenvalue weighted by atomic mass is 16.4. The van der Waals surface area contributed by atoms with Crippen LogP contribution in [0.4, 0.5) is 5.82 Å². The number of nitrogen functional groups attached to an aromatic ring is 1. The number of nitrogens with zero attached hydrogens (tertiary/aromatic N) is 5. The first-order chi connectivity index (χ1) is 9.78. The van der Waals surface area contributed by atoms with Gasteiger partial charge in [0.05, 0.1) is 5.69 Å². The first-order valence-electron chi connectivity index (χ1n) is 6.33. The molecular weight excluding hydrogens is 256 g/mol. The van der Waals surface area contributed by atoms with E-state index in [2.05, 4.69) is 20.5 Å². The highest BCUT2D eigenvalue weighted by molar-refractivity contribution is 5.51. The van der Waals surface area contributed by atoms with E-state index < -0.39 is 0 Å². The van der Waals surface area contributed by atoms with E-state index in [4.69, 9.17) is 10.2 Å². The molecule has 2 heterocycles. The molecule has 0 saturated heterocycles. The lowest BCUT2D eigenvalue weighted by Gasteiger charge is -2.00. The zero-order valence-corrected chi connectivity index (χ0v) is 11.0. The van der Waals surface area contributed by atoms with Crippen LogP contribution in [0.5, 0.6) is 0 Å². The van der Waals surface area contributed by atoms with E-state index in [9.17, 15) is 0 Å². The van der Waals surface area contributed by atoms with Crippen molar-refractivity contribution in [2.24, 2.45) is 0 Å². The quantitative estimate of drug-likeness (QED) is 0.772. The Morgan fingerprint density at radius 2 is 1.95 bits per heavy atom. The summed E-state index contributed by atoms with van der Waals surface area (Å²) in [5, 5.41) is 15.9. The van der Waals surface area contributed by atoms with Gasteiger partial charge in [-0.05, 0) is 18.6 Å². The van der Waals surface area contributed by atoms with Crippen molar-refractivity contribution >= 4 is 5.82 Å². The molecule has 0 bridgehead atoms. The third kappa shape index (κ3) is 2.25. The van der Waals surface area contributed by atoms with Gasteiger partial charge in [-0.1, -0.05) is 30.3 Å². The monoisotopic (exact) mass is 270 g/mol. The van der Waals surface area contributed by atoms with Gasteiger partial charge < -0.3 is 10.2 Å². The molecular formula is C13H14N6O. The Bertz CT molecular complexity index is 703. The number of aromatic nitrogens is 5. The molecule has 0 radical (unpaired) electrons. The predicted octanol–water partition coefficient (Wildman–Crippen LogP) is 1.52. The maximum Gasteiger partial charge on any atom is 0.247 e. The number of hydrogen-bond donors (Lipinski definition) is 1. The molecule has 3 aromatic rings. The van der Waals surface area contributed by atoms with Gasteiger partial charge >= 0.3 is 0 Å². The zero-order chi connectivity index (χ0) is 13.9. The van der Waals surface area contributed by atoms with Crippen LogP contribution in [0, 0.1) is 0 Å². The van der Waals surface area contributed by atoms with E-state index in [1.54, 1.807) is 4.68 Å². The summed E-state index contributed by atoms with van der Waals surface area (Å²) in [5.41, 5.74) is 7.49. The SMILES string of the molecule is CCc1c(N)nnn1Cc1nnc(-c2ccccc2)o1. The molecule has 7 heteroatoms. The Morgan fingerprint density at radius 1 is 1.15 bits per heavy atom. The highest BCUT2D eigenvalue weighted by Gasteiger charge is 2.13. The molecule has 1 aromatic carbocycles. The van der Waals surface area contributed by atoms with Crippen molar-refractivity contribution in [3.05, 3.63) is 41.9 Å². The van der Waals surface area contributed by atoms with Gasteiger partial charge in [-0.2, -0.15) is 0 Å². The van der Waals surface area contributed by atoms with Gasteiger partial charge in [0, 0.05) is 5.56 Å². The summed E-state index contributed by atoms with van der Waals surface area (Å²) >= 11 is 0. The summed E-state index contributed by atoms with van der Waals surface area (Å²) < 4.78 is 7.31. The normalized spacial score (nSPS) is 10.8. The van der Waals surface area contributed by atoms with Crippen LogP contribution in [0.25, 0.3) is 11.5 Å². The number of rotatable bonds is 4. The number of nitrogens with two attached hydrogens (primary N) is 1. The second-order valence-electron chi connectivity index (χ2n) is 4.30. The van der Waals surface area contributed by atoms with Crippen molar-refractivity contribution < 1.29 is 4.42 Å². The van der Waals surface area contributed by atoms with Gasteiger partial charge in [-0.25, -0.2) is 4.68 Å². The van der Waals surface area contributed by atoms with Crippen LogP contribution in [0.15, 0.2) is 34.7 Å². The Kier molecular flexibility index (Phi) is 3.16. The molecule has 2 aromatic heterocycles. The molecule has 0 aliphatic heterocycles. The van der Waals surface area contributed by atoms with Gasteiger partial charge in [0.15, 0.2) is 5.82 Å². The van der Waals surface area contributed by atoms with Crippen molar-refractivity contribution in [3.63, 3.8) is 0 Å². The lowest BCUT2D eigenvalue weighted by atomic mass is 10.2. The van der Waals surface area contributed by atoms with Crippen LogP contribution in [0.3, 0.4) is 0 Å². The van der Waals surface area contributed by atoms with Gasteiger partial charge in [-0.3, -0.25) is 0 Å². The molecule has 0 fully saturated rings. The predicted molar refractivity (Wildman–Crippen MR) is 72.6 cm³/mol. The van der Waals surface area contributed by atoms with Crippen LogP contribution in [-0.4, -0.2) is 25.2 Å². The first kappa shape index (κ1) is 12.3. The first-order valence-corrected chi connectivity index (χ1v) is 6.33. The number of benzene rings is 1. The molecule has 20 heavy (non-hydrogen) atoms. The Morgan fingerprint density at radius 3 is 2.70 bits per heavy atom. The average molecular weight is 270 g/mol. The second-order valence-corrected chi connectivity index (χ2v) is 4.30. The molecule has 0 saturated carbocycles. The maximum atomic E-state index is 5.74. The van der Waals surface area contributed by atoms with E-state index in [0.29, 0.717) is 24.1 Å². The molecule has 0 atom stereocenters. The number of hydrogen-bond acceptors (Lipinski definition) is 6. The standard InChI is InChI=1S/C13H14N6O/c1-2-10-12(14)16-18-19(10)8-11-15-17-13(20-11)9-6-4-3-5-7-9/h3-7H,2,8,14H2,1H3. The summed E-state index contributed by atoms with van der Waals surface area (Å²) in [5.74, 6) is 1.41. The minimum Gasteiger partial charge on any atom is -0.419 e. The maximum absolute atomic E-state index is 5.74. The van der Waals surface area contributed by atoms with E-state index >= 15 is 0 Å². The molecule has 7 nitrogen and oxygen atoms in total. The van der Waals surface area contributed by atoms with Crippen LogP contribution in [-0.2, 0) is 13.0 Å². The molecule has 0 unspecified atom stereocenters. The van der Waals surface area contributed by atoms with Crippen molar-refractivity contribution in [1.29, 1.82) is 0 Å². The fraction of sp³-hybridized carbons (Fsp3) is 0.231. The lowest BCUT2D eigenvalue weighted by molar-refractivity contribution is 0.463. The van der Waals surface area contributed by atoms with E-state index in [1.165, 1.54) is 0 Å². The minimum atomic E-state index is 0.368. The molecule has 3 rings (SSSR count). The molecule has 0 aliphatic rings. The summed E-state index contributed by atoms with van der Waals surface area (Å²) in [6.07, 6.45) is 0.749. The molecule has 0 amide bonds. The van der Waals surface area contributed by atoms with Gasteiger partial charge in [0.2, 0.25) is 11.8 Å². The third-order valence-electron chi connectivity index (χ3n) is 2.98. The van der Waals surface area contributed by atoms with Crippen LogP contribution in [0.2, 0.25) is 0 Å².